The van der Waals surface area contributed by atoms with E-state index >= 15 is 0 Å². The van der Waals surface area contributed by atoms with E-state index in [0.717, 1.165) is 16.7 Å². The summed E-state index contributed by atoms with van der Waals surface area (Å²) in [6, 6.07) is 15.5. The number of thioether (sulfide) groups is 1. The molecule has 3 unspecified atom stereocenters. The lowest BCUT2D eigenvalue weighted by Gasteiger charge is -2.33. The van der Waals surface area contributed by atoms with Crippen molar-refractivity contribution in [2.24, 2.45) is 5.73 Å². The van der Waals surface area contributed by atoms with Crippen LogP contribution in [0.5, 0.6) is 0 Å². The quantitative estimate of drug-likeness (QED) is 0.384. The van der Waals surface area contributed by atoms with E-state index in [2.05, 4.69) is 10.6 Å². The summed E-state index contributed by atoms with van der Waals surface area (Å²) in [6.45, 7) is 6.32. The third-order valence-electron chi connectivity index (χ3n) is 6.44. The molecular formula is C27H36N4O4S. The lowest BCUT2D eigenvalue weighted by Crippen LogP contribution is -2.58. The number of hydrogen-bond donors (Lipinski definition) is 4. The number of aliphatic hydroxyl groups is 1. The van der Waals surface area contributed by atoms with Crippen LogP contribution in [0.1, 0.15) is 37.0 Å². The van der Waals surface area contributed by atoms with Crippen molar-refractivity contribution >= 4 is 29.5 Å². The molecule has 3 atom stereocenters. The van der Waals surface area contributed by atoms with Gasteiger partial charge in [0.25, 0.3) is 5.91 Å². The molecule has 0 radical (unpaired) electrons. The minimum absolute atomic E-state index is 0.0860. The Bertz CT molecular complexity index is 1060. The number of nitrogens with zero attached hydrogens (tertiary/aromatic N) is 1. The largest absolute Gasteiger partial charge is 0.381 e. The number of benzene rings is 2. The molecule has 0 bridgehead atoms. The molecule has 8 nitrogen and oxygen atoms in total. The molecule has 0 aromatic heterocycles. The molecule has 0 aliphatic carbocycles. The number of hydrogen-bond acceptors (Lipinski definition) is 6. The minimum atomic E-state index is -1.52. The Morgan fingerprint density at radius 2 is 1.81 bits per heavy atom. The zero-order chi connectivity index (χ0) is 26.3. The first-order valence-electron chi connectivity index (χ1n) is 12.1. The van der Waals surface area contributed by atoms with E-state index in [9.17, 15) is 19.5 Å². The highest BCUT2D eigenvalue weighted by atomic mass is 32.2. The Morgan fingerprint density at radius 1 is 1.14 bits per heavy atom. The van der Waals surface area contributed by atoms with Gasteiger partial charge in [-0.15, -0.1) is 11.8 Å². The summed E-state index contributed by atoms with van der Waals surface area (Å²) in [5.74, 6) is -0.937. The summed E-state index contributed by atoms with van der Waals surface area (Å²) in [4.78, 5) is 40.6. The van der Waals surface area contributed by atoms with E-state index in [1.165, 1.54) is 16.7 Å². The van der Waals surface area contributed by atoms with E-state index in [1.54, 1.807) is 0 Å². The number of nitrogens with two attached hydrogens (primary N) is 1. The van der Waals surface area contributed by atoms with E-state index in [0.29, 0.717) is 6.54 Å². The van der Waals surface area contributed by atoms with Crippen molar-refractivity contribution in [3.63, 3.8) is 0 Å². The smallest absolute Gasteiger partial charge is 0.254 e. The summed E-state index contributed by atoms with van der Waals surface area (Å²) < 4.78 is -0.553. The van der Waals surface area contributed by atoms with Crippen LogP contribution < -0.4 is 16.4 Å². The van der Waals surface area contributed by atoms with Crippen LogP contribution in [0.25, 0.3) is 0 Å². The standard InChI is InChI=1S/C27H36N4O4S/c1-18-9-7-8-12-20(18)16-29-25(34)24-27(2,3)36-17-31(24)26(35)23(33)21(30-22(32)13-14-28)15-19-10-5-4-6-11-19/h4-12,21,23-24,33H,13-17,28H2,1-3H3,(H,29,34)(H,30,32). The molecule has 1 aliphatic rings. The molecule has 194 valence electrons. The fourth-order valence-corrected chi connectivity index (χ4v) is 5.50. The molecule has 5 N–H and O–H groups in total. The van der Waals surface area contributed by atoms with Gasteiger partial charge in [-0.25, -0.2) is 0 Å². The van der Waals surface area contributed by atoms with Gasteiger partial charge in [-0.1, -0.05) is 54.6 Å². The average Bonchev–Trinajstić information content (AvgIpc) is 3.17. The minimum Gasteiger partial charge on any atom is -0.381 e. The Labute approximate surface area is 217 Å². The zero-order valence-corrected chi connectivity index (χ0v) is 21.9. The molecule has 3 rings (SSSR count). The van der Waals surface area contributed by atoms with Crippen molar-refractivity contribution in [1.29, 1.82) is 0 Å². The number of amides is 3. The maximum Gasteiger partial charge on any atom is 0.254 e. The Kier molecular flexibility index (Phi) is 9.53. The van der Waals surface area contributed by atoms with Gasteiger partial charge in [0.05, 0.1) is 11.9 Å². The molecule has 9 heteroatoms. The predicted molar refractivity (Wildman–Crippen MR) is 142 cm³/mol. The summed E-state index contributed by atoms with van der Waals surface area (Å²) in [5, 5.41) is 16.9. The van der Waals surface area contributed by atoms with Gasteiger partial charge in [0.1, 0.15) is 6.04 Å². The van der Waals surface area contributed by atoms with Crippen molar-refractivity contribution in [2.45, 2.75) is 63.1 Å². The van der Waals surface area contributed by atoms with Crippen LogP contribution in [0.2, 0.25) is 0 Å². The maximum absolute atomic E-state index is 13.6. The van der Waals surface area contributed by atoms with E-state index in [-0.39, 0.29) is 37.1 Å². The number of aryl methyl sites for hydroxylation is 1. The molecule has 1 saturated heterocycles. The summed E-state index contributed by atoms with van der Waals surface area (Å²) in [6.07, 6.45) is -1.17. The normalized spacial score (nSPS) is 18.4. The second kappa shape index (κ2) is 12.4. The molecule has 36 heavy (non-hydrogen) atoms. The van der Waals surface area contributed by atoms with Crippen molar-refractivity contribution < 1.29 is 19.5 Å². The van der Waals surface area contributed by atoms with Crippen LogP contribution in [0.15, 0.2) is 54.6 Å². The highest BCUT2D eigenvalue weighted by molar-refractivity contribution is 8.00. The number of carbonyl (C=O) groups excluding carboxylic acids is 3. The average molecular weight is 513 g/mol. The topological polar surface area (TPSA) is 125 Å². The third-order valence-corrected chi connectivity index (χ3v) is 7.82. The summed E-state index contributed by atoms with van der Waals surface area (Å²) >= 11 is 1.48. The van der Waals surface area contributed by atoms with E-state index in [1.807, 2.05) is 75.4 Å². The molecule has 1 heterocycles. The van der Waals surface area contributed by atoms with Crippen molar-refractivity contribution in [1.82, 2.24) is 15.5 Å². The Morgan fingerprint density at radius 3 is 2.47 bits per heavy atom. The van der Waals surface area contributed by atoms with Gasteiger partial charge in [-0.05, 0) is 43.9 Å². The fourth-order valence-electron chi connectivity index (χ4n) is 4.36. The molecule has 1 aliphatic heterocycles. The van der Waals surface area contributed by atoms with Gasteiger partial charge in [-0.3, -0.25) is 14.4 Å². The highest BCUT2D eigenvalue weighted by Gasteiger charge is 2.49. The lowest BCUT2D eigenvalue weighted by atomic mass is 9.97. The van der Waals surface area contributed by atoms with Gasteiger partial charge >= 0.3 is 0 Å². The summed E-state index contributed by atoms with van der Waals surface area (Å²) in [7, 11) is 0. The fraction of sp³-hybridized carbons (Fsp3) is 0.444. The van der Waals surface area contributed by atoms with Crippen LogP contribution in [0, 0.1) is 6.92 Å². The second-order valence-electron chi connectivity index (χ2n) is 9.58. The monoisotopic (exact) mass is 512 g/mol. The van der Waals surface area contributed by atoms with Crippen molar-refractivity contribution in [2.75, 3.05) is 12.4 Å². The van der Waals surface area contributed by atoms with Crippen molar-refractivity contribution in [3.05, 3.63) is 71.3 Å². The van der Waals surface area contributed by atoms with Crippen LogP contribution in [-0.2, 0) is 27.3 Å². The van der Waals surface area contributed by atoms with Crippen molar-refractivity contribution in [3.8, 4) is 0 Å². The highest BCUT2D eigenvalue weighted by Crippen LogP contribution is 2.40. The molecule has 2 aromatic carbocycles. The second-order valence-corrected chi connectivity index (χ2v) is 11.2. The molecule has 1 fully saturated rings. The third kappa shape index (κ3) is 6.87. The molecular weight excluding hydrogens is 476 g/mol. The number of rotatable bonds is 10. The molecule has 0 spiro atoms. The lowest BCUT2D eigenvalue weighted by molar-refractivity contribution is -0.147. The predicted octanol–water partition coefficient (Wildman–Crippen LogP) is 1.73. The first-order chi connectivity index (χ1) is 17.1. The van der Waals surface area contributed by atoms with Gasteiger partial charge in [0.2, 0.25) is 11.8 Å². The molecule has 0 saturated carbocycles. The maximum atomic E-state index is 13.6. The van der Waals surface area contributed by atoms with Crippen LogP contribution in [0.4, 0.5) is 0 Å². The SMILES string of the molecule is Cc1ccccc1CNC(=O)C1N(C(=O)C(O)C(Cc2ccccc2)NC(=O)CCN)CSC1(C)C. The number of aliphatic hydroxyl groups excluding tert-OH is 1. The van der Waals surface area contributed by atoms with Gasteiger partial charge < -0.3 is 26.4 Å². The van der Waals surface area contributed by atoms with Crippen LogP contribution in [0.3, 0.4) is 0 Å². The van der Waals surface area contributed by atoms with Gasteiger partial charge in [0, 0.05) is 24.3 Å². The van der Waals surface area contributed by atoms with Crippen LogP contribution in [-0.4, -0.2) is 63.1 Å². The number of nitrogens with one attached hydrogen (secondary N) is 2. The van der Waals surface area contributed by atoms with E-state index < -0.39 is 28.8 Å². The van der Waals surface area contributed by atoms with E-state index in [4.69, 9.17) is 5.73 Å². The first kappa shape index (κ1) is 27.7. The first-order valence-corrected chi connectivity index (χ1v) is 13.1. The Balaban J connectivity index is 1.77. The number of carbonyl (C=O) groups is 3. The van der Waals surface area contributed by atoms with Crippen LogP contribution >= 0.6 is 11.8 Å². The van der Waals surface area contributed by atoms with Gasteiger partial charge in [0.15, 0.2) is 6.10 Å². The molecule has 3 amide bonds. The Hall–Kier alpha value is -2.88. The van der Waals surface area contributed by atoms with Gasteiger partial charge in [-0.2, -0.15) is 0 Å². The summed E-state index contributed by atoms with van der Waals surface area (Å²) in [5.41, 5.74) is 8.44. The molecule has 2 aromatic rings. The zero-order valence-electron chi connectivity index (χ0n) is 21.1.